The predicted molar refractivity (Wildman–Crippen MR) is 120 cm³/mol. The molecule has 1 aliphatic heterocycles. The van der Waals surface area contributed by atoms with E-state index in [-0.39, 0.29) is 18.2 Å². The van der Waals surface area contributed by atoms with Crippen molar-refractivity contribution in [1.29, 1.82) is 0 Å². The van der Waals surface area contributed by atoms with Gasteiger partial charge in [0.25, 0.3) is 5.91 Å². The van der Waals surface area contributed by atoms with Crippen LogP contribution in [-0.2, 0) is 22.6 Å². The summed E-state index contributed by atoms with van der Waals surface area (Å²) in [5, 5.41) is 3.63. The highest BCUT2D eigenvalue weighted by atomic mass is 32.1. The van der Waals surface area contributed by atoms with Gasteiger partial charge >= 0.3 is 0 Å². The van der Waals surface area contributed by atoms with Crippen LogP contribution in [0.15, 0.2) is 67.3 Å². The van der Waals surface area contributed by atoms with E-state index >= 15 is 0 Å². The third-order valence-corrected chi connectivity index (χ3v) is 5.35. The van der Waals surface area contributed by atoms with E-state index in [4.69, 9.17) is 12.2 Å². The summed E-state index contributed by atoms with van der Waals surface area (Å²) in [5.41, 5.74) is 2.84. The quantitative estimate of drug-likeness (QED) is 0.433. The molecular formula is C23H25N3O2S. The van der Waals surface area contributed by atoms with Crippen LogP contribution in [0.1, 0.15) is 24.5 Å². The molecule has 0 unspecified atom stereocenters. The summed E-state index contributed by atoms with van der Waals surface area (Å²) in [6.07, 6.45) is 2.68. The molecule has 29 heavy (non-hydrogen) atoms. The van der Waals surface area contributed by atoms with Crippen LogP contribution < -0.4 is 10.2 Å². The third kappa shape index (κ3) is 4.71. The summed E-state index contributed by atoms with van der Waals surface area (Å²) in [5.74, 6) is -0.478. The van der Waals surface area contributed by atoms with E-state index in [1.807, 2.05) is 54.6 Å². The molecule has 0 bridgehead atoms. The maximum atomic E-state index is 13.1. The van der Waals surface area contributed by atoms with Crippen molar-refractivity contribution in [2.75, 3.05) is 11.4 Å². The van der Waals surface area contributed by atoms with Crippen molar-refractivity contribution in [3.05, 3.63) is 78.4 Å². The van der Waals surface area contributed by atoms with Gasteiger partial charge in [-0.15, -0.1) is 6.58 Å². The Morgan fingerprint density at radius 1 is 1.17 bits per heavy atom. The Labute approximate surface area is 177 Å². The number of thiocarbonyl (C=S) groups is 1. The van der Waals surface area contributed by atoms with Crippen molar-refractivity contribution in [3.8, 4) is 0 Å². The van der Waals surface area contributed by atoms with Crippen LogP contribution in [0.5, 0.6) is 0 Å². The summed E-state index contributed by atoms with van der Waals surface area (Å²) >= 11 is 5.54. The number of benzene rings is 2. The fraction of sp³-hybridized carbons (Fsp3) is 0.261. The molecule has 3 rings (SSSR count). The van der Waals surface area contributed by atoms with Crippen molar-refractivity contribution >= 4 is 34.8 Å². The van der Waals surface area contributed by atoms with Gasteiger partial charge in [-0.25, -0.2) is 4.90 Å². The topological polar surface area (TPSA) is 52.7 Å². The third-order valence-electron chi connectivity index (χ3n) is 4.98. The monoisotopic (exact) mass is 407 g/mol. The SMILES string of the molecule is C=CCN(C(=S)NCc1ccccc1)[C@@H]1CC(=O)N(c2ccc(CC)cc2)C1=O. The summed E-state index contributed by atoms with van der Waals surface area (Å²) in [7, 11) is 0. The largest absolute Gasteiger partial charge is 0.358 e. The van der Waals surface area contributed by atoms with E-state index in [1.54, 1.807) is 11.0 Å². The molecule has 1 heterocycles. The average molecular weight is 408 g/mol. The first-order valence-corrected chi connectivity index (χ1v) is 10.1. The van der Waals surface area contributed by atoms with Gasteiger partial charge in [0.1, 0.15) is 6.04 Å². The van der Waals surface area contributed by atoms with Gasteiger partial charge in [-0.1, -0.05) is 55.5 Å². The molecule has 0 radical (unpaired) electrons. The number of rotatable bonds is 7. The summed E-state index contributed by atoms with van der Waals surface area (Å²) in [4.78, 5) is 28.8. The van der Waals surface area contributed by atoms with Gasteiger partial charge in [0, 0.05) is 13.1 Å². The van der Waals surface area contributed by atoms with Gasteiger partial charge < -0.3 is 10.2 Å². The first-order valence-electron chi connectivity index (χ1n) is 9.70. The van der Waals surface area contributed by atoms with Gasteiger partial charge in [0.05, 0.1) is 12.1 Å². The Kier molecular flexibility index (Phi) is 6.77. The predicted octanol–water partition coefficient (Wildman–Crippen LogP) is 3.44. The second kappa shape index (κ2) is 9.47. The van der Waals surface area contributed by atoms with Crippen molar-refractivity contribution in [2.45, 2.75) is 32.4 Å². The number of nitrogens with one attached hydrogen (secondary N) is 1. The fourth-order valence-corrected chi connectivity index (χ4v) is 3.65. The maximum absolute atomic E-state index is 13.1. The van der Waals surface area contributed by atoms with E-state index in [0.29, 0.717) is 23.9 Å². The Morgan fingerprint density at radius 3 is 2.48 bits per heavy atom. The molecule has 0 aromatic heterocycles. The molecule has 2 aromatic carbocycles. The number of nitrogens with zero attached hydrogens (tertiary/aromatic N) is 2. The lowest BCUT2D eigenvalue weighted by Gasteiger charge is -2.29. The molecule has 6 heteroatoms. The second-order valence-corrected chi connectivity index (χ2v) is 7.28. The number of hydrogen-bond acceptors (Lipinski definition) is 3. The lowest BCUT2D eigenvalue weighted by molar-refractivity contribution is -0.122. The van der Waals surface area contributed by atoms with Crippen molar-refractivity contribution in [3.63, 3.8) is 0 Å². The molecule has 2 aromatic rings. The standard InChI is InChI=1S/C23H25N3O2S/c1-3-14-25(23(29)24-16-18-8-6-5-7-9-18)20-15-21(27)26(22(20)28)19-12-10-17(4-2)11-13-19/h3,5-13,20H,1,4,14-16H2,2H3,(H,24,29)/t20-/m1/s1. The van der Waals surface area contributed by atoms with Gasteiger partial charge in [-0.3, -0.25) is 9.59 Å². The molecule has 1 atom stereocenters. The molecule has 0 saturated carbocycles. The van der Waals surface area contributed by atoms with Crippen molar-refractivity contribution in [1.82, 2.24) is 10.2 Å². The van der Waals surface area contributed by atoms with E-state index in [2.05, 4.69) is 18.8 Å². The zero-order chi connectivity index (χ0) is 20.8. The van der Waals surface area contributed by atoms with Crippen molar-refractivity contribution in [2.24, 2.45) is 0 Å². The van der Waals surface area contributed by atoms with E-state index < -0.39 is 6.04 Å². The summed E-state index contributed by atoms with van der Waals surface area (Å²) in [6.45, 7) is 6.77. The number of anilines is 1. The molecule has 1 fully saturated rings. The first kappa shape index (κ1) is 20.7. The molecule has 1 N–H and O–H groups in total. The molecule has 0 aliphatic carbocycles. The van der Waals surface area contributed by atoms with Gasteiger partial charge in [-0.2, -0.15) is 0 Å². The molecule has 2 amide bonds. The normalized spacial score (nSPS) is 16.0. The lowest BCUT2D eigenvalue weighted by atomic mass is 10.1. The van der Waals surface area contributed by atoms with Crippen LogP contribution in [0.25, 0.3) is 0 Å². The maximum Gasteiger partial charge on any atom is 0.257 e. The average Bonchev–Trinajstić information content (AvgIpc) is 3.04. The smallest absolute Gasteiger partial charge is 0.257 e. The van der Waals surface area contributed by atoms with Crippen molar-refractivity contribution < 1.29 is 9.59 Å². The van der Waals surface area contributed by atoms with Crippen LogP contribution in [0, 0.1) is 0 Å². The van der Waals surface area contributed by atoms with E-state index in [0.717, 1.165) is 17.5 Å². The van der Waals surface area contributed by atoms with Crippen LogP contribution in [0.2, 0.25) is 0 Å². The highest BCUT2D eigenvalue weighted by Gasteiger charge is 2.43. The Hall–Kier alpha value is -2.99. The number of amides is 2. The first-order chi connectivity index (χ1) is 14.0. The van der Waals surface area contributed by atoms with Crippen LogP contribution >= 0.6 is 12.2 Å². The summed E-state index contributed by atoms with van der Waals surface area (Å²) < 4.78 is 0. The number of carbonyl (C=O) groups is 2. The van der Waals surface area contributed by atoms with Gasteiger partial charge in [0.15, 0.2) is 5.11 Å². The number of carbonyl (C=O) groups excluding carboxylic acids is 2. The molecule has 5 nitrogen and oxygen atoms in total. The molecule has 150 valence electrons. The highest BCUT2D eigenvalue weighted by Crippen LogP contribution is 2.26. The van der Waals surface area contributed by atoms with Crippen LogP contribution in [-0.4, -0.2) is 34.4 Å². The fourth-order valence-electron chi connectivity index (χ4n) is 3.38. The minimum absolute atomic E-state index is 0.0926. The molecule has 1 saturated heterocycles. The lowest BCUT2D eigenvalue weighted by Crippen LogP contribution is -2.49. The Bertz CT molecular complexity index is 896. The molecular weight excluding hydrogens is 382 g/mol. The Balaban J connectivity index is 1.74. The van der Waals surface area contributed by atoms with E-state index in [1.165, 1.54) is 4.90 Å². The summed E-state index contributed by atoms with van der Waals surface area (Å²) in [6, 6.07) is 16.8. The number of hydrogen-bond donors (Lipinski definition) is 1. The molecule has 0 spiro atoms. The molecule has 1 aliphatic rings. The minimum atomic E-state index is -0.637. The Morgan fingerprint density at radius 2 is 1.86 bits per heavy atom. The zero-order valence-corrected chi connectivity index (χ0v) is 17.3. The van der Waals surface area contributed by atoms with E-state index in [9.17, 15) is 9.59 Å². The second-order valence-electron chi connectivity index (χ2n) is 6.89. The van der Waals surface area contributed by atoms with Crippen LogP contribution in [0.4, 0.5) is 5.69 Å². The number of imide groups is 1. The highest BCUT2D eigenvalue weighted by molar-refractivity contribution is 7.80. The number of aryl methyl sites for hydroxylation is 1. The zero-order valence-electron chi connectivity index (χ0n) is 16.5. The minimum Gasteiger partial charge on any atom is -0.358 e. The van der Waals surface area contributed by atoms with Gasteiger partial charge in [0.2, 0.25) is 5.91 Å². The van der Waals surface area contributed by atoms with Crippen LogP contribution in [0.3, 0.4) is 0 Å². The van der Waals surface area contributed by atoms with Gasteiger partial charge in [-0.05, 0) is 41.9 Å².